The summed E-state index contributed by atoms with van der Waals surface area (Å²) in [5.74, 6) is 0.936. The molecule has 0 unspecified atom stereocenters. The molecule has 0 bridgehead atoms. The number of rotatable bonds is 4. The molecule has 0 saturated carbocycles. The lowest BCUT2D eigenvalue weighted by Gasteiger charge is -2.13. The average Bonchev–Trinajstić information content (AvgIpc) is 3.86. The molecule has 8 aromatic carbocycles. The third kappa shape index (κ3) is 4.11. The van der Waals surface area contributed by atoms with Crippen molar-refractivity contribution in [3.63, 3.8) is 0 Å². The van der Waals surface area contributed by atoms with Crippen molar-refractivity contribution in [1.29, 1.82) is 0 Å². The van der Waals surface area contributed by atoms with Crippen molar-refractivity contribution in [2.24, 2.45) is 0 Å². The minimum Gasteiger partial charge on any atom is -0.309 e. The summed E-state index contributed by atoms with van der Waals surface area (Å²) in [5.41, 5.74) is 11.3. The first-order valence-electron chi connectivity index (χ1n) is 17.4. The van der Waals surface area contributed by atoms with E-state index in [9.17, 15) is 0 Å². The number of hydrogen-bond donors (Lipinski definition) is 0. The van der Waals surface area contributed by atoms with Gasteiger partial charge in [0.1, 0.15) is 5.82 Å². The molecule has 3 heterocycles. The fraction of sp³-hybridized carbons (Fsp3) is 0. The second-order valence-corrected chi connectivity index (χ2v) is 13.2. The Balaban J connectivity index is 1.17. The van der Waals surface area contributed by atoms with E-state index in [0.29, 0.717) is 0 Å². The van der Waals surface area contributed by atoms with Crippen LogP contribution in [-0.2, 0) is 0 Å². The van der Waals surface area contributed by atoms with Crippen molar-refractivity contribution >= 4 is 65.4 Å². The van der Waals surface area contributed by atoms with Crippen LogP contribution in [0.5, 0.6) is 0 Å². The van der Waals surface area contributed by atoms with Crippen LogP contribution in [0.25, 0.3) is 93.9 Å². The number of imidazole rings is 1. The van der Waals surface area contributed by atoms with Crippen LogP contribution < -0.4 is 0 Å². The molecule has 3 aromatic heterocycles. The number of para-hydroxylation sites is 5. The third-order valence-corrected chi connectivity index (χ3v) is 10.4. The Labute approximate surface area is 293 Å². The lowest BCUT2D eigenvalue weighted by molar-refractivity contribution is 1.09. The second-order valence-electron chi connectivity index (χ2n) is 13.2. The number of nitrogens with zero attached hydrogens (tertiary/aromatic N) is 4. The maximum atomic E-state index is 5.07. The summed E-state index contributed by atoms with van der Waals surface area (Å²) in [6.07, 6.45) is 0. The molecule has 0 saturated heterocycles. The number of benzene rings is 8. The SMILES string of the molecule is c1ccc(-c2nc3ccccc3n2-c2ccc(-n3c4ccccc4c4cc5ccc6c7ccccc7n(-c7ccccc7)c6c5cc43)cc2)cc1. The molecule has 11 rings (SSSR count). The van der Waals surface area contributed by atoms with Crippen molar-refractivity contribution in [3.05, 3.63) is 182 Å². The standard InChI is InChI=1S/C47H30N4/c1-3-13-31(14-4-1)47-48-41-19-9-12-22-44(41)51(47)35-26-24-34(25-27-35)49-42-20-10-8-18-37(42)40-29-32-23-28-38-36-17-7-11-21-43(36)50(33-15-5-2-6-16-33)46(38)39(32)30-45(40)49/h1-30H. The van der Waals surface area contributed by atoms with Crippen LogP contribution in [0.2, 0.25) is 0 Å². The zero-order chi connectivity index (χ0) is 33.5. The van der Waals surface area contributed by atoms with Gasteiger partial charge in [0.15, 0.2) is 0 Å². The monoisotopic (exact) mass is 650 g/mol. The molecule has 0 aliphatic carbocycles. The maximum Gasteiger partial charge on any atom is 0.145 e. The normalized spacial score (nSPS) is 11.9. The van der Waals surface area contributed by atoms with Gasteiger partial charge in [0, 0.05) is 49.6 Å². The highest BCUT2D eigenvalue weighted by Crippen LogP contribution is 2.41. The summed E-state index contributed by atoms with van der Waals surface area (Å²) in [4.78, 5) is 5.07. The molecule has 11 aromatic rings. The molecular weight excluding hydrogens is 621 g/mol. The summed E-state index contributed by atoms with van der Waals surface area (Å²) in [7, 11) is 0. The third-order valence-electron chi connectivity index (χ3n) is 10.4. The first-order valence-corrected chi connectivity index (χ1v) is 17.4. The van der Waals surface area contributed by atoms with E-state index in [0.717, 1.165) is 39.5 Å². The lowest BCUT2D eigenvalue weighted by Crippen LogP contribution is -1.99. The second kappa shape index (κ2) is 10.8. The van der Waals surface area contributed by atoms with Gasteiger partial charge < -0.3 is 9.13 Å². The van der Waals surface area contributed by atoms with Crippen molar-refractivity contribution in [2.75, 3.05) is 0 Å². The van der Waals surface area contributed by atoms with E-state index in [1.807, 2.05) is 6.07 Å². The van der Waals surface area contributed by atoms with Crippen LogP contribution >= 0.6 is 0 Å². The van der Waals surface area contributed by atoms with Crippen LogP contribution in [0.4, 0.5) is 0 Å². The Morgan fingerprint density at radius 1 is 0.333 bits per heavy atom. The van der Waals surface area contributed by atoms with Crippen LogP contribution in [0, 0.1) is 0 Å². The zero-order valence-corrected chi connectivity index (χ0v) is 27.6. The number of hydrogen-bond acceptors (Lipinski definition) is 1. The fourth-order valence-electron chi connectivity index (χ4n) is 8.19. The van der Waals surface area contributed by atoms with E-state index in [1.165, 1.54) is 54.4 Å². The predicted molar refractivity (Wildman–Crippen MR) is 213 cm³/mol. The molecule has 0 atom stereocenters. The molecular formula is C47H30N4. The van der Waals surface area contributed by atoms with Gasteiger partial charge in [-0.25, -0.2) is 4.98 Å². The Morgan fingerprint density at radius 3 is 1.65 bits per heavy atom. The minimum absolute atomic E-state index is 0.936. The van der Waals surface area contributed by atoms with Crippen molar-refractivity contribution in [2.45, 2.75) is 0 Å². The van der Waals surface area contributed by atoms with Gasteiger partial charge in [0.25, 0.3) is 0 Å². The molecule has 0 fully saturated rings. The van der Waals surface area contributed by atoms with E-state index in [4.69, 9.17) is 4.98 Å². The summed E-state index contributed by atoms with van der Waals surface area (Å²) in [6.45, 7) is 0. The highest BCUT2D eigenvalue weighted by atomic mass is 15.1. The van der Waals surface area contributed by atoms with Gasteiger partial charge in [-0.2, -0.15) is 0 Å². The van der Waals surface area contributed by atoms with E-state index in [-0.39, 0.29) is 0 Å². The molecule has 0 radical (unpaired) electrons. The predicted octanol–water partition coefficient (Wildman–Crippen LogP) is 12.0. The number of aromatic nitrogens is 4. The summed E-state index contributed by atoms with van der Waals surface area (Å²) in [5, 5.41) is 7.48. The quantitative estimate of drug-likeness (QED) is 0.186. The Morgan fingerprint density at radius 2 is 0.902 bits per heavy atom. The van der Waals surface area contributed by atoms with Crippen molar-refractivity contribution < 1.29 is 0 Å². The number of fused-ring (bicyclic) bond motifs is 9. The van der Waals surface area contributed by atoms with Crippen LogP contribution in [0.15, 0.2) is 182 Å². The van der Waals surface area contributed by atoms with Gasteiger partial charge in [-0.15, -0.1) is 0 Å². The molecule has 0 aliphatic heterocycles. The summed E-state index contributed by atoms with van der Waals surface area (Å²) in [6, 6.07) is 65.4. The van der Waals surface area contributed by atoms with E-state index in [2.05, 4.69) is 190 Å². The Bertz CT molecular complexity index is 3110. The van der Waals surface area contributed by atoms with Crippen molar-refractivity contribution in [3.8, 4) is 28.5 Å². The van der Waals surface area contributed by atoms with Gasteiger partial charge in [-0.05, 0) is 78.2 Å². The van der Waals surface area contributed by atoms with Gasteiger partial charge >= 0.3 is 0 Å². The van der Waals surface area contributed by atoms with E-state index in [1.54, 1.807) is 0 Å². The van der Waals surface area contributed by atoms with Crippen LogP contribution in [-0.4, -0.2) is 18.7 Å². The summed E-state index contributed by atoms with van der Waals surface area (Å²) >= 11 is 0. The lowest BCUT2D eigenvalue weighted by atomic mass is 10.0. The molecule has 4 nitrogen and oxygen atoms in total. The van der Waals surface area contributed by atoms with Crippen LogP contribution in [0.1, 0.15) is 0 Å². The average molecular weight is 651 g/mol. The zero-order valence-electron chi connectivity index (χ0n) is 27.6. The van der Waals surface area contributed by atoms with Crippen LogP contribution in [0.3, 0.4) is 0 Å². The molecule has 0 aliphatic rings. The molecule has 0 amide bonds. The van der Waals surface area contributed by atoms with E-state index < -0.39 is 0 Å². The molecule has 4 heteroatoms. The Hall–Kier alpha value is -6.91. The highest BCUT2D eigenvalue weighted by Gasteiger charge is 2.19. The van der Waals surface area contributed by atoms with Gasteiger partial charge in [-0.3, -0.25) is 4.57 Å². The molecule has 238 valence electrons. The first-order chi connectivity index (χ1) is 25.3. The smallest absolute Gasteiger partial charge is 0.145 e. The fourth-order valence-corrected chi connectivity index (χ4v) is 8.19. The van der Waals surface area contributed by atoms with E-state index >= 15 is 0 Å². The van der Waals surface area contributed by atoms with Gasteiger partial charge in [0.05, 0.1) is 33.1 Å². The summed E-state index contributed by atoms with van der Waals surface area (Å²) < 4.78 is 7.12. The van der Waals surface area contributed by atoms with Crippen molar-refractivity contribution in [1.82, 2.24) is 18.7 Å². The molecule has 0 N–H and O–H groups in total. The molecule has 0 spiro atoms. The maximum absolute atomic E-state index is 5.07. The van der Waals surface area contributed by atoms with Gasteiger partial charge in [-0.1, -0.05) is 109 Å². The van der Waals surface area contributed by atoms with Gasteiger partial charge in [0.2, 0.25) is 0 Å². The molecule has 51 heavy (non-hydrogen) atoms. The minimum atomic E-state index is 0.936. The topological polar surface area (TPSA) is 27.7 Å². The first kappa shape index (κ1) is 28.0. The Kier molecular flexibility index (Phi) is 5.92. The largest absolute Gasteiger partial charge is 0.309 e. The highest BCUT2D eigenvalue weighted by molar-refractivity contribution is 6.22.